The molecular weight excluding hydrogens is 424 g/mol. The van der Waals surface area contributed by atoms with Gasteiger partial charge in [-0.25, -0.2) is 0 Å². The summed E-state index contributed by atoms with van der Waals surface area (Å²) in [7, 11) is 0. The van der Waals surface area contributed by atoms with E-state index in [0.717, 1.165) is 80.0 Å². The molecule has 1 aromatic rings. The molecule has 4 aliphatic carbocycles. The van der Waals surface area contributed by atoms with Crippen LogP contribution in [-0.4, -0.2) is 42.7 Å². The second-order valence-corrected chi connectivity index (χ2v) is 10.7. The first-order chi connectivity index (χ1) is 16.2. The number of thiol groups is 1. The number of unbranched alkanes of at least 4 members (excludes halogenated alkanes) is 4. The Labute approximate surface area is 205 Å². The van der Waals surface area contributed by atoms with Gasteiger partial charge in [0.2, 0.25) is 0 Å². The minimum Gasteiger partial charge on any atom is -0.297 e. The lowest BCUT2D eigenvalue weighted by molar-refractivity contribution is 0.00184. The standard InChI is InChI=1S/C28H40N4S/c33-16-15-29-11-3-1-4-12-30-26-7-9-27(10-8-26)31-13-5-2-6-14-32-28-20-23-17-24(21-28)19-25(18-23)22-28/h7-14,23-25,33H,1-6,15-22H2. The highest BCUT2D eigenvalue weighted by Crippen LogP contribution is 2.57. The third-order valence-electron chi connectivity index (χ3n) is 7.39. The Morgan fingerprint density at radius 2 is 1.21 bits per heavy atom. The molecule has 0 aliphatic heterocycles. The summed E-state index contributed by atoms with van der Waals surface area (Å²) in [4.78, 5) is 18.5. The molecule has 4 bridgehead atoms. The van der Waals surface area contributed by atoms with Gasteiger partial charge in [0.05, 0.1) is 16.9 Å². The summed E-state index contributed by atoms with van der Waals surface area (Å²) in [5, 5.41) is 0. The van der Waals surface area contributed by atoms with Crippen LogP contribution in [0.25, 0.3) is 0 Å². The zero-order chi connectivity index (χ0) is 22.8. The van der Waals surface area contributed by atoms with E-state index in [4.69, 9.17) is 4.99 Å². The van der Waals surface area contributed by atoms with Gasteiger partial charge in [0, 0.05) is 24.7 Å². The van der Waals surface area contributed by atoms with Crippen LogP contribution in [0.3, 0.4) is 0 Å². The largest absolute Gasteiger partial charge is 0.297 e. The molecule has 0 unspecified atom stereocenters. The van der Waals surface area contributed by atoms with Crippen LogP contribution in [0.1, 0.15) is 77.0 Å². The normalized spacial score (nSPS) is 28.9. The summed E-state index contributed by atoms with van der Waals surface area (Å²) in [6, 6.07) is 8.16. The Hall–Kier alpha value is -1.75. The summed E-state index contributed by atoms with van der Waals surface area (Å²) in [6.07, 6.45) is 23.1. The SMILES string of the molecule is SCCN=CCCCC=Nc1ccc(N=CCCCC=NC23CC4CC(CC(C4)C2)C3)cc1. The maximum absolute atomic E-state index is 5.14. The number of nitrogens with zero attached hydrogens (tertiary/aromatic N) is 4. The molecule has 4 aliphatic rings. The van der Waals surface area contributed by atoms with Crippen molar-refractivity contribution >= 4 is 48.9 Å². The number of benzene rings is 1. The molecule has 5 heteroatoms. The summed E-state index contributed by atoms with van der Waals surface area (Å²) in [6.45, 7) is 0.807. The fourth-order valence-corrected chi connectivity index (χ4v) is 6.40. The molecule has 5 rings (SSSR count). The van der Waals surface area contributed by atoms with Crippen molar-refractivity contribution in [1.82, 2.24) is 0 Å². The molecule has 0 atom stereocenters. The monoisotopic (exact) mass is 464 g/mol. The molecule has 0 saturated heterocycles. The molecule has 178 valence electrons. The van der Waals surface area contributed by atoms with E-state index in [9.17, 15) is 0 Å². The number of rotatable bonds is 13. The number of hydrogen-bond acceptors (Lipinski definition) is 5. The lowest BCUT2D eigenvalue weighted by Crippen LogP contribution is -2.49. The zero-order valence-electron chi connectivity index (χ0n) is 20.0. The maximum atomic E-state index is 5.14. The molecule has 0 aromatic heterocycles. The Kier molecular flexibility index (Phi) is 9.34. The summed E-state index contributed by atoms with van der Waals surface area (Å²) < 4.78 is 0. The predicted octanol–water partition coefficient (Wildman–Crippen LogP) is 7.47. The van der Waals surface area contributed by atoms with Crippen molar-refractivity contribution in [3.05, 3.63) is 24.3 Å². The van der Waals surface area contributed by atoms with Crippen molar-refractivity contribution in [2.45, 2.75) is 82.6 Å². The van der Waals surface area contributed by atoms with Crippen molar-refractivity contribution in [2.24, 2.45) is 37.7 Å². The van der Waals surface area contributed by atoms with Gasteiger partial charge >= 0.3 is 0 Å². The smallest absolute Gasteiger partial charge is 0.0627 e. The van der Waals surface area contributed by atoms with Gasteiger partial charge in [0.1, 0.15) is 0 Å². The van der Waals surface area contributed by atoms with Crippen molar-refractivity contribution in [2.75, 3.05) is 12.3 Å². The van der Waals surface area contributed by atoms with Gasteiger partial charge in [0.15, 0.2) is 0 Å². The zero-order valence-corrected chi connectivity index (χ0v) is 20.9. The quantitative estimate of drug-likeness (QED) is 0.179. The fraction of sp³-hybridized carbons (Fsp3) is 0.643. The van der Waals surface area contributed by atoms with Gasteiger partial charge in [0.25, 0.3) is 0 Å². The van der Waals surface area contributed by atoms with Crippen LogP contribution in [-0.2, 0) is 0 Å². The first-order valence-electron chi connectivity index (χ1n) is 13.0. The Morgan fingerprint density at radius 3 is 1.73 bits per heavy atom. The van der Waals surface area contributed by atoms with E-state index in [0.29, 0.717) is 5.54 Å². The van der Waals surface area contributed by atoms with E-state index in [2.05, 4.69) is 33.8 Å². The molecule has 0 heterocycles. The highest BCUT2D eigenvalue weighted by molar-refractivity contribution is 7.80. The molecule has 0 N–H and O–H groups in total. The van der Waals surface area contributed by atoms with E-state index in [1.807, 2.05) is 42.9 Å². The van der Waals surface area contributed by atoms with Crippen molar-refractivity contribution in [3.63, 3.8) is 0 Å². The third-order valence-corrected chi connectivity index (χ3v) is 7.59. The molecule has 4 nitrogen and oxygen atoms in total. The number of hydrogen-bond donors (Lipinski definition) is 1. The van der Waals surface area contributed by atoms with Crippen LogP contribution in [0.2, 0.25) is 0 Å². The topological polar surface area (TPSA) is 49.4 Å². The third kappa shape index (κ3) is 7.63. The molecule has 0 spiro atoms. The average Bonchev–Trinajstić information content (AvgIpc) is 2.80. The highest BCUT2D eigenvalue weighted by atomic mass is 32.1. The highest BCUT2D eigenvalue weighted by Gasteiger charge is 2.50. The summed E-state index contributed by atoms with van der Waals surface area (Å²) >= 11 is 4.14. The van der Waals surface area contributed by atoms with Crippen LogP contribution in [0.4, 0.5) is 11.4 Å². The Morgan fingerprint density at radius 1 is 0.727 bits per heavy atom. The van der Waals surface area contributed by atoms with Crippen LogP contribution < -0.4 is 0 Å². The molecule has 0 amide bonds. The predicted molar refractivity (Wildman–Crippen MR) is 147 cm³/mol. The van der Waals surface area contributed by atoms with Crippen LogP contribution in [0.15, 0.2) is 44.2 Å². The van der Waals surface area contributed by atoms with Crippen LogP contribution in [0.5, 0.6) is 0 Å². The number of aliphatic imine (C=N–C) groups is 4. The lowest BCUT2D eigenvalue weighted by atomic mass is 9.53. The first kappa shape index (κ1) is 24.4. The summed E-state index contributed by atoms with van der Waals surface area (Å²) in [5.41, 5.74) is 2.31. The van der Waals surface area contributed by atoms with Crippen LogP contribution >= 0.6 is 12.6 Å². The van der Waals surface area contributed by atoms with Gasteiger partial charge in [-0.05, 0) is 131 Å². The Balaban J connectivity index is 1.10. The molecule has 4 fully saturated rings. The first-order valence-corrected chi connectivity index (χ1v) is 13.7. The summed E-state index contributed by atoms with van der Waals surface area (Å²) in [5.74, 6) is 3.75. The second-order valence-electron chi connectivity index (χ2n) is 10.3. The molecular formula is C28H40N4S. The van der Waals surface area contributed by atoms with E-state index in [1.165, 1.54) is 38.5 Å². The van der Waals surface area contributed by atoms with Gasteiger partial charge in [-0.2, -0.15) is 12.6 Å². The van der Waals surface area contributed by atoms with Crippen molar-refractivity contribution in [3.8, 4) is 0 Å². The van der Waals surface area contributed by atoms with E-state index in [-0.39, 0.29) is 0 Å². The van der Waals surface area contributed by atoms with Gasteiger partial charge in [-0.3, -0.25) is 20.0 Å². The molecule has 0 radical (unpaired) electrons. The van der Waals surface area contributed by atoms with E-state index < -0.39 is 0 Å². The maximum Gasteiger partial charge on any atom is 0.0627 e. The fourth-order valence-electron chi connectivity index (χ4n) is 6.29. The van der Waals surface area contributed by atoms with Crippen molar-refractivity contribution in [1.29, 1.82) is 0 Å². The van der Waals surface area contributed by atoms with Gasteiger partial charge in [-0.1, -0.05) is 0 Å². The Bertz CT molecular complexity index is 805. The van der Waals surface area contributed by atoms with E-state index >= 15 is 0 Å². The average molecular weight is 465 g/mol. The van der Waals surface area contributed by atoms with Gasteiger partial charge in [-0.15, -0.1) is 0 Å². The molecule has 1 aromatic carbocycles. The minimum absolute atomic E-state index is 0.327. The van der Waals surface area contributed by atoms with Crippen LogP contribution in [0, 0.1) is 17.8 Å². The second kappa shape index (κ2) is 12.6. The van der Waals surface area contributed by atoms with Gasteiger partial charge < -0.3 is 0 Å². The minimum atomic E-state index is 0.327. The van der Waals surface area contributed by atoms with E-state index in [1.54, 1.807) is 0 Å². The van der Waals surface area contributed by atoms with Crippen molar-refractivity contribution < 1.29 is 0 Å². The molecule has 33 heavy (non-hydrogen) atoms. The lowest BCUT2D eigenvalue weighted by Gasteiger charge is -2.55. The molecule has 4 saturated carbocycles.